The maximum absolute atomic E-state index is 11.1. The van der Waals surface area contributed by atoms with Gasteiger partial charge in [-0.15, -0.1) is 0 Å². The van der Waals surface area contributed by atoms with Crippen LogP contribution >= 0.6 is 0 Å². The number of hydrogen-bond acceptors (Lipinski definition) is 5. The Morgan fingerprint density at radius 2 is 2.20 bits per heavy atom. The summed E-state index contributed by atoms with van der Waals surface area (Å²) in [7, 11) is 1.20. The van der Waals surface area contributed by atoms with E-state index < -0.39 is 17.6 Å². The summed E-state index contributed by atoms with van der Waals surface area (Å²) in [5.41, 5.74) is -0.510. The molecule has 0 fully saturated rings. The van der Waals surface area contributed by atoms with Crippen LogP contribution in [0.5, 0.6) is 0 Å². The lowest BCUT2D eigenvalue weighted by atomic mass is 10.4. The first-order chi connectivity index (χ1) is 7.15. The van der Waals surface area contributed by atoms with Crippen LogP contribution in [0.15, 0.2) is 5.16 Å². The van der Waals surface area contributed by atoms with E-state index in [-0.39, 0.29) is 0 Å². The third-order valence-electron chi connectivity index (χ3n) is 1.27. The number of oxime groups is 1. The van der Waals surface area contributed by atoms with E-state index in [2.05, 4.69) is 15.3 Å². The van der Waals surface area contributed by atoms with E-state index in [0.717, 1.165) is 6.42 Å². The highest BCUT2D eigenvalue weighted by atomic mass is 16.6. The normalized spacial score (nSPS) is 10.1. The van der Waals surface area contributed by atoms with Gasteiger partial charge in [-0.2, -0.15) is 5.26 Å². The zero-order chi connectivity index (χ0) is 11.7. The topological polar surface area (TPSA) is 104 Å². The Bertz CT molecular complexity index is 305. The zero-order valence-electron chi connectivity index (χ0n) is 8.53. The minimum Gasteiger partial charge on any atom is -0.398 e. The number of nitrogens with zero attached hydrogens (tertiary/aromatic N) is 2. The molecule has 0 rings (SSSR count). The summed E-state index contributed by atoms with van der Waals surface area (Å²) in [5.74, 6) is -0.895. The molecular weight excluding hydrogens is 200 g/mol. The van der Waals surface area contributed by atoms with Crippen LogP contribution in [0.25, 0.3) is 0 Å². The minimum atomic E-state index is -0.895. The SMILES string of the molecule is CCCNC(=O)NC(=O)/C(C#N)=N\OC. The number of carbonyl (C=O) groups is 2. The standard InChI is InChI=1S/C8H12N4O3/c1-3-4-10-8(14)11-7(13)6(5-9)12-15-2/h3-4H2,1-2H3,(H2,10,11,13,14)/b12-6-. The molecule has 0 aromatic heterocycles. The number of amides is 3. The molecule has 0 radical (unpaired) electrons. The molecular formula is C8H12N4O3. The Kier molecular flexibility index (Phi) is 6.29. The van der Waals surface area contributed by atoms with Crippen molar-refractivity contribution in [2.75, 3.05) is 13.7 Å². The van der Waals surface area contributed by atoms with Crippen molar-refractivity contribution in [1.82, 2.24) is 10.6 Å². The monoisotopic (exact) mass is 212 g/mol. The Morgan fingerprint density at radius 1 is 1.53 bits per heavy atom. The fraction of sp³-hybridized carbons (Fsp3) is 0.500. The van der Waals surface area contributed by atoms with Crippen molar-refractivity contribution >= 4 is 17.6 Å². The number of imide groups is 1. The molecule has 0 unspecified atom stereocenters. The highest BCUT2D eigenvalue weighted by Gasteiger charge is 2.14. The van der Waals surface area contributed by atoms with Gasteiger partial charge >= 0.3 is 6.03 Å². The van der Waals surface area contributed by atoms with E-state index in [0.29, 0.717) is 6.54 Å². The Morgan fingerprint density at radius 3 is 2.67 bits per heavy atom. The second kappa shape index (κ2) is 7.32. The third kappa shape index (κ3) is 5.25. The van der Waals surface area contributed by atoms with Crippen LogP contribution in [0.2, 0.25) is 0 Å². The molecule has 0 atom stereocenters. The van der Waals surface area contributed by atoms with Crippen molar-refractivity contribution in [2.45, 2.75) is 13.3 Å². The lowest BCUT2D eigenvalue weighted by Gasteiger charge is -2.03. The largest absolute Gasteiger partial charge is 0.398 e. The Balaban J connectivity index is 4.18. The molecule has 15 heavy (non-hydrogen) atoms. The summed E-state index contributed by atoms with van der Waals surface area (Å²) in [4.78, 5) is 26.4. The predicted octanol–water partition coefficient (Wildman–Crippen LogP) is -0.252. The van der Waals surface area contributed by atoms with Crippen LogP contribution in [0.3, 0.4) is 0 Å². The number of urea groups is 1. The molecule has 0 spiro atoms. The maximum Gasteiger partial charge on any atom is 0.321 e. The summed E-state index contributed by atoms with van der Waals surface area (Å²) >= 11 is 0. The van der Waals surface area contributed by atoms with Crippen molar-refractivity contribution in [3.8, 4) is 6.07 Å². The van der Waals surface area contributed by atoms with Gasteiger partial charge in [0.2, 0.25) is 5.71 Å². The number of nitrogens with one attached hydrogen (secondary N) is 2. The Labute approximate surface area is 87.1 Å². The van der Waals surface area contributed by atoms with Gasteiger partial charge in [0.25, 0.3) is 5.91 Å². The van der Waals surface area contributed by atoms with Crippen molar-refractivity contribution < 1.29 is 14.4 Å². The van der Waals surface area contributed by atoms with E-state index in [1.807, 2.05) is 12.2 Å². The van der Waals surface area contributed by atoms with E-state index in [9.17, 15) is 9.59 Å². The summed E-state index contributed by atoms with van der Waals surface area (Å²) in [6.45, 7) is 2.32. The van der Waals surface area contributed by atoms with Crippen molar-refractivity contribution in [3.63, 3.8) is 0 Å². The first kappa shape index (κ1) is 12.9. The average molecular weight is 212 g/mol. The van der Waals surface area contributed by atoms with Gasteiger partial charge in [-0.05, 0) is 6.42 Å². The molecule has 7 heteroatoms. The van der Waals surface area contributed by atoms with Gasteiger partial charge in [-0.25, -0.2) is 4.79 Å². The van der Waals surface area contributed by atoms with Gasteiger partial charge < -0.3 is 10.2 Å². The third-order valence-corrected chi connectivity index (χ3v) is 1.27. The molecule has 0 aromatic carbocycles. The fourth-order valence-corrected chi connectivity index (χ4v) is 0.649. The minimum absolute atomic E-state index is 0.447. The Hall–Kier alpha value is -2.10. The highest BCUT2D eigenvalue weighted by molar-refractivity contribution is 6.46. The predicted molar refractivity (Wildman–Crippen MR) is 51.9 cm³/mol. The van der Waals surface area contributed by atoms with Crippen molar-refractivity contribution in [1.29, 1.82) is 5.26 Å². The van der Waals surface area contributed by atoms with Gasteiger partial charge in [-0.3, -0.25) is 10.1 Å². The number of carbonyl (C=O) groups excluding carboxylic acids is 2. The molecule has 0 aliphatic rings. The summed E-state index contributed by atoms with van der Waals surface area (Å²) in [6.07, 6.45) is 0.749. The van der Waals surface area contributed by atoms with Crippen molar-refractivity contribution in [2.24, 2.45) is 5.16 Å². The van der Waals surface area contributed by atoms with Crippen LogP contribution < -0.4 is 10.6 Å². The van der Waals surface area contributed by atoms with Crippen LogP contribution in [-0.4, -0.2) is 31.3 Å². The molecule has 7 nitrogen and oxygen atoms in total. The molecule has 0 saturated carbocycles. The lowest BCUT2D eigenvalue weighted by molar-refractivity contribution is -0.113. The van der Waals surface area contributed by atoms with Crippen LogP contribution in [-0.2, 0) is 9.63 Å². The van der Waals surface area contributed by atoms with Gasteiger partial charge in [0.15, 0.2) is 0 Å². The van der Waals surface area contributed by atoms with Crippen molar-refractivity contribution in [3.05, 3.63) is 0 Å². The smallest absolute Gasteiger partial charge is 0.321 e. The fourth-order valence-electron chi connectivity index (χ4n) is 0.649. The first-order valence-corrected chi connectivity index (χ1v) is 4.26. The summed E-state index contributed by atoms with van der Waals surface area (Å²) in [5, 5.41) is 15.9. The molecule has 0 aliphatic heterocycles. The number of nitriles is 1. The highest BCUT2D eigenvalue weighted by Crippen LogP contribution is 1.80. The average Bonchev–Trinajstić information content (AvgIpc) is 2.22. The molecule has 3 amide bonds. The van der Waals surface area contributed by atoms with Crippen LogP contribution in [0.4, 0.5) is 4.79 Å². The number of hydrogen-bond donors (Lipinski definition) is 2. The molecule has 0 aliphatic carbocycles. The second-order valence-electron chi connectivity index (χ2n) is 2.44. The van der Waals surface area contributed by atoms with Gasteiger partial charge in [-0.1, -0.05) is 12.1 Å². The van der Waals surface area contributed by atoms with Crippen LogP contribution in [0, 0.1) is 11.3 Å². The van der Waals surface area contributed by atoms with Crippen LogP contribution in [0.1, 0.15) is 13.3 Å². The van der Waals surface area contributed by atoms with E-state index in [4.69, 9.17) is 5.26 Å². The first-order valence-electron chi connectivity index (χ1n) is 4.26. The molecule has 0 aromatic rings. The van der Waals surface area contributed by atoms with Gasteiger partial charge in [0.05, 0.1) is 0 Å². The lowest BCUT2D eigenvalue weighted by Crippen LogP contribution is -2.42. The molecule has 0 saturated heterocycles. The maximum atomic E-state index is 11.1. The van der Waals surface area contributed by atoms with E-state index >= 15 is 0 Å². The zero-order valence-corrected chi connectivity index (χ0v) is 8.53. The number of rotatable bonds is 4. The molecule has 0 heterocycles. The quantitative estimate of drug-likeness (QED) is 0.495. The summed E-state index contributed by atoms with van der Waals surface area (Å²) < 4.78 is 0. The van der Waals surface area contributed by atoms with E-state index in [1.54, 1.807) is 0 Å². The summed E-state index contributed by atoms with van der Waals surface area (Å²) in [6, 6.07) is 0.831. The molecule has 82 valence electrons. The molecule has 2 N–H and O–H groups in total. The van der Waals surface area contributed by atoms with Gasteiger partial charge in [0.1, 0.15) is 13.2 Å². The molecule has 0 bridgehead atoms. The van der Waals surface area contributed by atoms with E-state index in [1.165, 1.54) is 13.2 Å². The van der Waals surface area contributed by atoms with Gasteiger partial charge in [0, 0.05) is 6.54 Å². The second-order valence-corrected chi connectivity index (χ2v) is 2.44.